The fraction of sp³-hybridized carbons (Fsp3) is 0.400. The molecule has 0 saturated carbocycles. The summed E-state index contributed by atoms with van der Waals surface area (Å²) in [5.74, 6) is -0.174. The average Bonchev–Trinajstić information content (AvgIpc) is 2.87. The lowest BCUT2D eigenvalue weighted by atomic mass is 10.2. The largest absolute Gasteiger partial charge is 0.444 e. The van der Waals surface area contributed by atoms with Crippen molar-refractivity contribution < 1.29 is 9.21 Å². The number of aryl methyl sites for hydroxylation is 1. The Hall–Kier alpha value is -2.22. The Balaban J connectivity index is 2.19. The fourth-order valence-electron chi connectivity index (χ4n) is 2.07. The van der Waals surface area contributed by atoms with Crippen molar-refractivity contribution >= 4 is 17.7 Å². The molecule has 1 amide bonds. The molecule has 0 aliphatic heterocycles. The van der Waals surface area contributed by atoms with Gasteiger partial charge in [0, 0.05) is 17.8 Å². The highest BCUT2D eigenvalue weighted by atomic mass is 32.2. The van der Waals surface area contributed by atoms with Crippen molar-refractivity contribution in [2.75, 3.05) is 6.26 Å². The van der Waals surface area contributed by atoms with Crippen LogP contribution in [0.15, 0.2) is 31.4 Å². The van der Waals surface area contributed by atoms with E-state index in [1.165, 1.54) is 22.5 Å². The van der Waals surface area contributed by atoms with Gasteiger partial charge in [-0.25, -0.2) is 4.79 Å². The highest BCUT2D eigenvalue weighted by Gasteiger charge is 2.16. The van der Waals surface area contributed by atoms with E-state index in [2.05, 4.69) is 10.3 Å². The zero-order valence-corrected chi connectivity index (χ0v) is 14.2. The number of amides is 1. The van der Waals surface area contributed by atoms with Crippen LogP contribution < -0.4 is 16.6 Å². The van der Waals surface area contributed by atoms with Gasteiger partial charge in [0.25, 0.3) is 11.5 Å². The van der Waals surface area contributed by atoms with Gasteiger partial charge in [-0.3, -0.25) is 19.1 Å². The monoisotopic (exact) mass is 337 g/mol. The summed E-state index contributed by atoms with van der Waals surface area (Å²) < 4.78 is 6.84. The van der Waals surface area contributed by atoms with Gasteiger partial charge in [-0.1, -0.05) is 11.8 Å². The van der Waals surface area contributed by atoms with Gasteiger partial charge >= 0.3 is 5.69 Å². The van der Waals surface area contributed by atoms with Crippen LogP contribution in [0.2, 0.25) is 0 Å². The van der Waals surface area contributed by atoms with E-state index < -0.39 is 17.2 Å². The van der Waals surface area contributed by atoms with E-state index >= 15 is 0 Å². The van der Waals surface area contributed by atoms with Crippen molar-refractivity contribution in [2.24, 2.45) is 0 Å². The van der Waals surface area contributed by atoms with Crippen molar-refractivity contribution in [1.82, 2.24) is 14.9 Å². The van der Waals surface area contributed by atoms with E-state index in [1.807, 2.05) is 20.1 Å². The second-order valence-electron chi connectivity index (χ2n) is 5.38. The lowest BCUT2D eigenvalue weighted by molar-refractivity contribution is 0.0917. The molecule has 8 heteroatoms. The van der Waals surface area contributed by atoms with Crippen molar-refractivity contribution in [1.29, 1.82) is 0 Å². The van der Waals surface area contributed by atoms with Gasteiger partial charge in [0.2, 0.25) is 0 Å². The van der Waals surface area contributed by atoms with Gasteiger partial charge in [-0.15, -0.1) is 0 Å². The van der Waals surface area contributed by atoms with Crippen molar-refractivity contribution in [3.05, 3.63) is 50.0 Å². The van der Waals surface area contributed by atoms with Crippen LogP contribution in [0.1, 0.15) is 41.6 Å². The number of thioether (sulfide) groups is 1. The molecule has 0 aromatic carbocycles. The molecular weight excluding hydrogens is 318 g/mol. The van der Waals surface area contributed by atoms with Crippen molar-refractivity contribution in [3.8, 4) is 0 Å². The minimum atomic E-state index is -0.506. The Bertz CT molecular complexity index is 832. The Morgan fingerprint density at radius 3 is 2.70 bits per heavy atom. The van der Waals surface area contributed by atoms with Crippen LogP contribution in [0.4, 0.5) is 0 Å². The molecule has 7 nitrogen and oxygen atoms in total. The first-order valence-electron chi connectivity index (χ1n) is 7.10. The summed E-state index contributed by atoms with van der Waals surface area (Å²) in [5.41, 5.74) is 0.0635. The molecular formula is C15H19N3O4S. The highest BCUT2D eigenvalue weighted by Crippen LogP contribution is 2.22. The van der Waals surface area contributed by atoms with Crippen molar-refractivity contribution in [2.45, 2.75) is 38.5 Å². The number of H-pyrrole nitrogens is 1. The summed E-state index contributed by atoms with van der Waals surface area (Å²) >= 11 is 1.41. The van der Waals surface area contributed by atoms with Gasteiger partial charge in [0.1, 0.15) is 0 Å². The zero-order valence-electron chi connectivity index (χ0n) is 13.4. The molecule has 2 rings (SSSR count). The first-order valence-corrected chi connectivity index (χ1v) is 8.33. The number of aromatic nitrogens is 2. The topological polar surface area (TPSA) is 97.1 Å². The summed E-state index contributed by atoms with van der Waals surface area (Å²) in [4.78, 5) is 37.9. The number of carbonyl (C=O) groups excluding carboxylic acids is 1. The van der Waals surface area contributed by atoms with Crippen molar-refractivity contribution in [3.63, 3.8) is 0 Å². The van der Waals surface area contributed by atoms with Crippen LogP contribution in [-0.4, -0.2) is 21.7 Å². The van der Waals surface area contributed by atoms with Crippen LogP contribution in [0, 0.1) is 6.92 Å². The summed E-state index contributed by atoms with van der Waals surface area (Å²) in [7, 11) is 0. The molecule has 0 atom stereocenters. The third kappa shape index (κ3) is 3.76. The Labute approximate surface area is 137 Å². The lowest BCUT2D eigenvalue weighted by Crippen LogP contribution is -2.35. The normalized spacial score (nSPS) is 11.0. The Kier molecular flexibility index (Phi) is 5.15. The molecule has 0 radical (unpaired) electrons. The lowest BCUT2D eigenvalue weighted by Gasteiger charge is -2.11. The molecule has 2 heterocycles. The van der Waals surface area contributed by atoms with E-state index in [4.69, 9.17) is 4.42 Å². The Morgan fingerprint density at radius 2 is 2.13 bits per heavy atom. The zero-order chi connectivity index (χ0) is 17.1. The SMILES string of the molecule is CSc1cc(C)c(C(=O)NCc2cn(C(C)C)c(=O)[nH]c2=O)o1. The fourth-order valence-corrected chi connectivity index (χ4v) is 2.53. The van der Waals surface area contributed by atoms with Gasteiger partial charge in [-0.05, 0) is 33.1 Å². The standard InChI is InChI=1S/C15H19N3O4S/c1-8(2)18-7-10(13(19)17-15(18)21)6-16-14(20)12-9(3)5-11(22-12)23-4/h5,7-8H,6H2,1-4H3,(H,16,20)(H,17,19,21). The molecule has 2 aromatic heterocycles. The number of hydrogen-bond donors (Lipinski definition) is 2. The third-order valence-corrected chi connectivity index (χ3v) is 3.94. The van der Waals surface area contributed by atoms with Gasteiger partial charge < -0.3 is 9.73 Å². The van der Waals surface area contributed by atoms with E-state index in [-0.39, 0.29) is 18.3 Å². The van der Waals surface area contributed by atoms with Gasteiger partial charge in [0.15, 0.2) is 10.9 Å². The average molecular weight is 337 g/mol. The first kappa shape index (κ1) is 17.1. The molecule has 0 spiro atoms. The predicted molar refractivity (Wildman–Crippen MR) is 88.1 cm³/mol. The molecule has 0 unspecified atom stereocenters. The molecule has 0 saturated heterocycles. The second-order valence-corrected chi connectivity index (χ2v) is 6.19. The van der Waals surface area contributed by atoms with E-state index in [0.29, 0.717) is 10.7 Å². The minimum absolute atomic E-state index is 0.00983. The third-order valence-electron chi connectivity index (χ3n) is 3.34. The number of nitrogens with one attached hydrogen (secondary N) is 2. The van der Waals surface area contributed by atoms with E-state index in [0.717, 1.165) is 5.56 Å². The molecule has 2 N–H and O–H groups in total. The molecule has 23 heavy (non-hydrogen) atoms. The predicted octanol–water partition coefficient (Wildman–Crippen LogP) is 1.67. The molecule has 0 aliphatic rings. The van der Waals surface area contributed by atoms with Gasteiger partial charge in [-0.2, -0.15) is 0 Å². The number of aromatic amines is 1. The maximum atomic E-state index is 12.2. The number of furan rings is 1. The number of carbonyl (C=O) groups is 1. The summed E-state index contributed by atoms with van der Waals surface area (Å²) in [6.07, 6.45) is 3.32. The quantitative estimate of drug-likeness (QED) is 0.809. The molecule has 0 aliphatic carbocycles. The molecule has 124 valence electrons. The molecule has 0 bridgehead atoms. The minimum Gasteiger partial charge on any atom is -0.444 e. The maximum Gasteiger partial charge on any atom is 0.328 e. The number of nitrogens with zero attached hydrogens (tertiary/aromatic N) is 1. The number of rotatable bonds is 5. The van der Waals surface area contributed by atoms with Gasteiger partial charge in [0.05, 0.1) is 12.1 Å². The number of hydrogen-bond acceptors (Lipinski definition) is 5. The molecule has 2 aromatic rings. The molecule has 0 fully saturated rings. The smallest absolute Gasteiger partial charge is 0.328 e. The highest BCUT2D eigenvalue weighted by molar-refractivity contribution is 7.98. The van der Waals surface area contributed by atoms with Crippen LogP contribution in [0.5, 0.6) is 0 Å². The van der Waals surface area contributed by atoms with E-state index in [9.17, 15) is 14.4 Å². The summed E-state index contributed by atoms with van der Waals surface area (Å²) in [6.45, 7) is 5.45. The van der Waals surface area contributed by atoms with Crippen LogP contribution in [0.25, 0.3) is 0 Å². The van der Waals surface area contributed by atoms with Crippen LogP contribution >= 0.6 is 11.8 Å². The summed E-state index contributed by atoms with van der Waals surface area (Å²) in [6, 6.07) is 1.69. The first-order chi connectivity index (χ1) is 10.8. The Morgan fingerprint density at radius 1 is 1.43 bits per heavy atom. The van der Waals surface area contributed by atoms with Crippen LogP contribution in [0.3, 0.4) is 0 Å². The van der Waals surface area contributed by atoms with E-state index in [1.54, 1.807) is 13.0 Å². The summed E-state index contributed by atoms with van der Waals surface area (Å²) in [5, 5.41) is 3.29. The maximum absolute atomic E-state index is 12.2. The second kappa shape index (κ2) is 6.91. The van der Waals surface area contributed by atoms with Crippen LogP contribution in [-0.2, 0) is 6.54 Å².